The highest BCUT2D eigenvalue weighted by Crippen LogP contribution is 2.26. The standard InChI is InChI=1S/C10H4ClFN2O4/c11-9-5(10(15)16)1-4-2-8(14(17)18)6(12)3-7(4)13-9/h1-3H,(H,15,16). The molecule has 1 aromatic heterocycles. The molecule has 0 bridgehead atoms. The number of aromatic carboxylic acids is 1. The zero-order chi connectivity index (χ0) is 13.4. The summed E-state index contributed by atoms with van der Waals surface area (Å²) < 4.78 is 13.3. The van der Waals surface area contributed by atoms with E-state index >= 15 is 0 Å². The monoisotopic (exact) mass is 270 g/mol. The van der Waals surface area contributed by atoms with Crippen molar-refractivity contribution >= 4 is 34.2 Å². The number of halogens is 2. The number of nitro groups is 1. The van der Waals surface area contributed by atoms with Gasteiger partial charge in [-0.2, -0.15) is 4.39 Å². The molecule has 2 aromatic rings. The van der Waals surface area contributed by atoms with Gasteiger partial charge >= 0.3 is 11.7 Å². The van der Waals surface area contributed by atoms with Gasteiger partial charge in [-0.1, -0.05) is 11.6 Å². The van der Waals surface area contributed by atoms with E-state index in [1.54, 1.807) is 0 Å². The summed E-state index contributed by atoms with van der Waals surface area (Å²) in [7, 11) is 0. The molecule has 1 aromatic carbocycles. The number of carbonyl (C=O) groups is 1. The second kappa shape index (κ2) is 4.19. The van der Waals surface area contributed by atoms with Crippen LogP contribution in [0.1, 0.15) is 10.4 Å². The predicted octanol–water partition coefficient (Wildman–Crippen LogP) is 2.63. The summed E-state index contributed by atoms with van der Waals surface area (Å²) in [5, 5.41) is 19.2. The molecular formula is C10H4ClFN2O4. The van der Waals surface area contributed by atoms with Crippen molar-refractivity contribution in [2.24, 2.45) is 0 Å². The highest BCUT2D eigenvalue weighted by atomic mass is 35.5. The first kappa shape index (κ1) is 12.2. The Morgan fingerprint density at radius 3 is 2.67 bits per heavy atom. The van der Waals surface area contributed by atoms with Gasteiger partial charge in [0.15, 0.2) is 0 Å². The number of nitro benzene ring substituents is 1. The minimum Gasteiger partial charge on any atom is -0.478 e. The first-order valence-electron chi connectivity index (χ1n) is 4.57. The number of benzene rings is 1. The van der Waals surface area contributed by atoms with Crippen LogP contribution in [0, 0.1) is 15.9 Å². The van der Waals surface area contributed by atoms with Crippen LogP contribution in [0.5, 0.6) is 0 Å². The van der Waals surface area contributed by atoms with Crippen LogP contribution >= 0.6 is 11.6 Å². The number of hydrogen-bond donors (Lipinski definition) is 1. The first-order chi connectivity index (χ1) is 8.40. The molecule has 0 spiro atoms. The molecule has 2 rings (SSSR count). The third-order valence-electron chi connectivity index (χ3n) is 2.26. The van der Waals surface area contributed by atoms with Crippen LogP contribution in [0.25, 0.3) is 10.9 Å². The second-order valence-electron chi connectivity index (χ2n) is 3.39. The summed E-state index contributed by atoms with van der Waals surface area (Å²) in [6, 6.07) is 2.87. The number of carboxylic acid groups (broad SMARTS) is 1. The van der Waals surface area contributed by atoms with Gasteiger partial charge in [0.2, 0.25) is 5.82 Å². The molecule has 0 fully saturated rings. The van der Waals surface area contributed by atoms with E-state index < -0.39 is 22.4 Å². The topological polar surface area (TPSA) is 93.3 Å². The minimum absolute atomic E-state index is 0.0492. The lowest BCUT2D eigenvalue weighted by Gasteiger charge is -2.02. The Morgan fingerprint density at radius 1 is 1.44 bits per heavy atom. The van der Waals surface area contributed by atoms with Crippen molar-refractivity contribution in [2.75, 3.05) is 0 Å². The lowest BCUT2D eigenvalue weighted by Crippen LogP contribution is -2.00. The van der Waals surface area contributed by atoms with Crippen molar-refractivity contribution < 1.29 is 19.2 Å². The van der Waals surface area contributed by atoms with E-state index in [9.17, 15) is 19.3 Å². The number of rotatable bonds is 2. The molecule has 0 aliphatic heterocycles. The molecule has 18 heavy (non-hydrogen) atoms. The third kappa shape index (κ3) is 1.95. The van der Waals surface area contributed by atoms with Crippen molar-refractivity contribution in [3.8, 4) is 0 Å². The van der Waals surface area contributed by atoms with Crippen LogP contribution in [0.3, 0.4) is 0 Å². The molecule has 0 unspecified atom stereocenters. The summed E-state index contributed by atoms with van der Waals surface area (Å²) in [6.07, 6.45) is 0. The molecule has 92 valence electrons. The quantitative estimate of drug-likeness (QED) is 0.514. The molecule has 1 heterocycles. The summed E-state index contributed by atoms with van der Waals surface area (Å²) >= 11 is 5.60. The van der Waals surface area contributed by atoms with Crippen LogP contribution in [0.2, 0.25) is 5.15 Å². The molecule has 6 nitrogen and oxygen atoms in total. The van der Waals surface area contributed by atoms with E-state index in [-0.39, 0.29) is 21.6 Å². The minimum atomic E-state index is -1.32. The fraction of sp³-hybridized carbons (Fsp3) is 0. The SMILES string of the molecule is O=C(O)c1cc2cc([N+](=O)[O-])c(F)cc2nc1Cl. The van der Waals surface area contributed by atoms with Gasteiger partial charge in [0.25, 0.3) is 0 Å². The Kier molecular flexibility index (Phi) is 2.84. The Hall–Kier alpha value is -2.28. The van der Waals surface area contributed by atoms with Gasteiger partial charge in [-0.05, 0) is 6.07 Å². The maximum Gasteiger partial charge on any atom is 0.338 e. The Balaban J connectivity index is 2.79. The highest BCUT2D eigenvalue weighted by Gasteiger charge is 2.18. The number of fused-ring (bicyclic) bond motifs is 1. The van der Waals surface area contributed by atoms with Gasteiger partial charge in [-0.25, -0.2) is 9.78 Å². The molecule has 0 amide bonds. The van der Waals surface area contributed by atoms with E-state index in [0.29, 0.717) is 0 Å². The van der Waals surface area contributed by atoms with E-state index in [2.05, 4.69) is 4.98 Å². The summed E-state index contributed by atoms with van der Waals surface area (Å²) in [4.78, 5) is 24.2. The molecular weight excluding hydrogens is 267 g/mol. The second-order valence-corrected chi connectivity index (χ2v) is 3.74. The molecule has 0 radical (unpaired) electrons. The molecule has 0 aliphatic rings. The van der Waals surface area contributed by atoms with E-state index in [4.69, 9.17) is 16.7 Å². The van der Waals surface area contributed by atoms with Crippen molar-refractivity contribution in [3.63, 3.8) is 0 Å². The van der Waals surface area contributed by atoms with Crippen molar-refractivity contribution in [3.05, 3.63) is 44.8 Å². The molecule has 8 heteroatoms. The van der Waals surface area contributed by atoms with Crippen molar-refractivity contribution in [1.82, 2.24) is 4.98 Å². The van der Waals surface area contributed by atoms with Gasteiger partial charge in [-0.3, -0.25) is 10.1 Å². The number of nitrogens with zero attached hydrogens (tertiary/aromatic N) is 2. The van der Waals surface area contributed by atoms with Gasteiger partial charge in [0.1, 0.15) is 5.15 Å². The average Bonchev–Trinajstić information content (AvgIpc) is 2.26. The molecule has 0 aliphatic carbocycles. The molecule has 0 saturated heterocycles. The van der Waals surface area contributed by atoms with Crippen molar-refractivity contribution in [2.45, 2.75) is 0 Å². The first-order valence-corrected chi connectivity index (χ1v) is 4.95. The fourth-order valence-electron chi connectivity index (χ4n) is 1.45. The summed E-state index contributed by atoms with van der Waals surface area (Å²) in [5.41, 5.74) is -0.999. The average molecular weight is 271 g/mol. The Morgan fingerprint density at radius 2 is 2.11 bits per heavy atom. The van der Waals surface area contributed by atoms with Crippen LogP contribution < -0.4 is 0 Å². The maximum atomic E-state index is 13.3. The fourth-order valence-corrected chi connectivity index (χ4v) is 1.68. The molecule has 0 saturated carbocycles. The van der Waals surface area contributed by atoms with E-state index in [1.807, 2.05) is 0 Å². The van der Waals surface area contributed by atoms with Crippen LogP contribution in [-0.4, -0.2) is 21.0 Å². The third-order valence-corrected chi connectivity index (χ3v) is 2.55. The molecule has 1 N–H and O–H groups in total. The van der Waals surface area contributed by atoms with Gasteiger partial charge < -0.3 is 5.11 Å². The number of aromatic nitrogens is 1. The summed E-state index contributed by atoms with van der Waals surface area (Å²) in [5.74, 6) is -2.37. The van der Waals surface area contributed by atoms with Crippen molar-refractivity contribution in [1.29, 1.82) is 0 Å². The van der Waals surface area contributed by atoms with Gasteiger partial charge in [-0.15, -0.1) is 0 Å². The largest absolute Gasteiger partial charge is 0.478 e. The number of hydrogen-bond acceptors (Lipinski definition) is 4. The van der Waals surface area contributed by atoms with E-state index in [1.165, 1.54) is 0 Å². The zero-order valence-corrected chi connectivity index (χ0v) is 9.31. The van der Waals surface area contributed by atoms with Gasteiger partial charge in [0.05, 0.1) is 16.0 Å². The smallest absolute Gasteiger partial charge is 0.338 e. The normalized spacial score (nSPS) is 10.6. The Bertz CT molecular complexity index is 634. The van der Waals surface area contributed by atoms with Crippen LogP contribution in [0.15, 0.2) is 18.2 Å². The number of pyridine rings is 1. The van der Waals surface area contributed by atoms with Gasteiger partial charge in [0, 0.05) is 17.5 Å². The predicted molar refractivity (Wildman–Crippen MR) is 60.3 cm³/mol. The highest BCUT2D eigenvalue weighted by molar-refractivity contribution is 6.32. The lowest BCUT2D eigenvalue weighted by molar-refractivity contribution is -0.387. The Labute approximate surface area is 104 Å². The van der Waals surface area contributed by atoms with Crippen LogP contribution in [-0.2, 0) is 0 Å². The number of carboxylic acids is 1. The van der Waals surface area contributed by atoms with Crippen LogP contribution in [0.4, 0.5) is 10.1 Å². The summed E-state index contributed by atoms with van der Waals surface area (Å²) in [6.45, 7) is 0. The zero-order valence-electron chi connectivity index (χ0n) is 8.55. The molecule has 0 atom stereocenters. The van der Waals surface area contributed by atoms with E-state index in [0.717, 1.165) is 18.2 Å². The maximum absolute atomic E-state index is 13.3. The lowest BCUT2D eigenvalue weighted by atomic mass is 10.1.